The molecule has 0 aliphatic heterocycles. The van der Waals surface area contributed by atoms with Crippen molar-refractivity contribution in [1.29, 1.82) is 0 Å². The Hall–Kier alpha value is -3.94. The van der Waals surface area contributed by atoms with Gasteiger partial charge in [-0.05, 0) is 65.8 Å². The average Bonchev–Trinajstić information content (AvgIpc) is 3.24. The first-order valence-electron chi connectivity index (χ1n) is 13.4. The second-order valence-electron chi connectivity index (χ2n) is 11.1. The van der Waals surface area contributed by atoms with Gasteiger partial charge >= 0.3 is 12.1 Å². The number of alkyl carbamates (subject to hydrolysis) is 1. The maximum Gasteiger partial charge on any atom is 0.408 e. The number of carboxylic acid groups (broad SMARTS) is 1. The maximum absolute atomic E-state index is 12.5. The van der Waals surface area contributed by atoms with Crippen molar-refractivity contribution in [3.63, 3.8) is 0 Å². The number of fused-ring (bicyclic) bond motifs is 3. The molecule has 2 aliphatic carbocycles. The fourth-order valence-corrected chi connectivity index (χ4v) is 5.43. The molecule has 1 atom stereocenters. The summed E-state index contributed by atoms with van der Waals surface area (Å²) in [5.41, 5.74) is 6.12. The first kappa shape index (κ1) is 28.1. The standard InChI is InChI=1S/C31H36N2O6/c1-19(28-26(34)16-31(2,3)17-27(28)35)32-14-7-6-13-25(29(36)37)33-30(38)39-18-21-10-8-12-23-22-11-5-4-9-20(22)15-24(21)23/h4-5,8-12,25,34H,6-7,13-18H2,1-3H3,(H,33,38)(H,36,37)/t25-/m1/s1. The minimum atomic E-state index is -1.13. The molecule has 0 heterocycles. The number of ether oxygens (including phenoxy) is 1. The summed E-state index contributed by atoms with van der Waals surface area (Å²) in [7, 11) is 0. The Morgan fingerprint density at radius 3 is 2.56 bits per heavy atom. The molecule has 0 bridgehead atoms. The van der Waals surface area contributed by atoms with E-state index in [1.807, 2.05) is 38.1 Å². The molecule has 0 unspecified atom stereocenters. The van der Waals surface area contributed by atoms with Crippen LogP contribution in [0.3, 0.4) is 0 Å². The van der Waals surface area contributed by atoms with Gasteiger partial charge in [-0.1, -0.05) is 56.3 Å². The number of hydrogen-bond donors (Lipinski definition) is 3. The van der Waals surface area contributed by atoms with Crippen molar-refractivity contribution in [3.05, 3.63) is 70.5 Å². The normalized spacial score (nSPS) is 16.9. The Kier molecular flexibility index (Phi) is 8.53. The van der Waals surface area contributed by atoms with Crippen LogP contribution in [0.25, 0.3) is 11.1 Å². The number of Topliss-reactive ketones (excluding diaryl/α,β-unsaturated/α-hetero) is 1. The lowest BCUT2D eigenvalue weighted by molar-refractivity contribution is -0.139. The Balaban J connectivity index is 1.25. The number of carbonyl (C=O) groups is 3. The highest BCUT2D eigenvalue weighted by Crippen LogP contribution is 2.38. The number of nitrogens with one attached hydrogen (secondary N) is 1. The van der Waals surface area contributed by atoms with Gasteiger partial charge in [-0.15, -0.1) is 0 Å². The molecular formula is C31H36N2O6. The van der Waals surface area contributed by atoms with Gasteiger partial charge in [-0.25, -0.2) is 9.59 Å². The van der Waals surface area contributed by atoms with Crippen molar-refractivity contribution in [2.24, 2.45) is 10.4 Å². The summed E-state index contributed by atoms with van der Waals surface area (Å²) in [4.78, 5) is 41.0. The fourth-order valence-electron chi connectivity index (χ4n) is 5.43. The number of aliphatic hydroxyl groups is 1. The number of hydrogen-bond acceptors (Lipinski definition) is 6. The molecule has 4 rings (SSSR count). The second-order valence-corrected chi connectivity index (χ2v) is 11.1. The zero-order chi connectivity index (χ0) is 28.2. The van der Waals surface area contributed by atoms with Gasteiger partial charge in [0, 0.05) is 25.1 Å². The topological polar surface area (TPSA) is 125 Å². The number of allylic oxidation sites excluding steroid dienone is 2. The van der Waals surface area contributed by atoms with E-state index in [1.54, 1.807) is 6.92 Å². The summed E-state index contributed by atoms with van der Waals surface area (Å²) >= 11 is 0. The number of unbranched alkanes of at least 4 members (excludes halogenated alkanes) is 1. The summed E-state index contributed by atoms with van der Waals surface area (Å²) < 4.78 is 5.40. The highest BCUT2D eigenvalue weighted by molar-refractivity contribution is 6.22. The third-order valence-electron chi connectivity index (χ3n) is 7.36. The number of amides is 1. The zero-order valence-corrected chi connectivity index (χ0v) is 22.8. The average molecular weight is 533 g/mol. The van der Waals surface area contributed by atoms with Crippen LogP contribution in [0.4, 0.5) is 4.79 Å². The molecule has 39 heavy (non-hydrogen) atoms. The van der Waals surface area contributed by atoms with E-state index in [9.17, 15) is 24.6 Å². The van der Waals surface area contributed by atoms with Crippen LogP contribution in [0.5, 0.6) is 0 Å². The predicted octanol–water partition coefficient (Wildman–Crippen LogP) is 5.77. The molecule has 8 heteroatoms. The van der Waals surface area contributed by atoms with Crippen molar-refractivity contribution < 1.29 is 29.3 Å². The number of aliphatic imine (C=N–C) groups is 1. The Labute approximate surface area is 228 Å². The van der Waals surface area contributed by atoms with Gasteiger partial charge in [-0.2, -0.15) is 0 Å². The first-order chi connectivity index (χ1) is 18.6. The number of benzene rings is 2. The molecule has 2 aliphatic rings. The highest BCUT2D eigenvalue weighted by atomic mass is 16.5. The zero-order valence-electron chi connectivity index (χ0n) is 22.8. The first-order valence-corrected chi connectivity index (χ1v) is 13.4. The third-order valence-corrected chi connectivity index (χ3v) is 7.36. The van der Waals surface area contributed by atoms with Crippen molar-refractivity contribution >= 4 is 23.6 Å². The van der Waals surface area contributed by atoms with E-state index in [4.69, 9.17) is 4.74 Å². The van der Waals surface area contributed by atoms with E-state index < -0.39 is 18.1 Å². The lowest BCUT2D eigenvalue weighted by atomic mass is 9.76. The van der Waals surface area contributed by atoms with Gasteiger partial charge in [0.05, 0.1) is 5.57 Å². The molecule has 0 spiro atoms. The monoisotopic (exact) mass is 532 g/mol. The smallest absolute Gasteiger partial charge is 0.408 e. The second kappa shape index (κ2) is 11.8. The Morgan fingerprint density at radius 2 is 1.82 bits per heavy atom. The van der Waals surface area contributed by atoms with E-state index >= 15 is 0 Å². The van der Waals surface area contributed by atoms with Crippen LogP contribution in [0.2, 0.25) is 0 Å². The molecule has 206 valence electrons. The predicted molar refractivity (Wildman–Crippen MR) is 149 cm³/mol. The van der Waals surface area contributed by atoms with Crippen LogP contribution in [0.1, 0.15) is 69.6 Å². The summed E-state index contributed by atoms with van der Waals surface area (Å²) in [5, 5.41) is 22.4. The molecular weight excluding hydrogens is 496 g/mol. The van der Waals surface area contributed by atoms with Gasteiger partial charge in [0.2, 0.25) is 0 Å². The summed E-state index contributed by atoms with van der Waals surface area (Å²) in [6.45, 7) is 6.04. The van der Waals surface area contributed by atoms with Crippen LogP contribution in [-0.2, 0) is 27.4 Å². The molecule has 0 radical (unpaired) electrons. The minimum Gasteiger partial charge on any atom is -0.511 e. The molecule has 2 aromatic rings. The van der Waals surface area contributed by atoms with Gasteiger partial charge in [-0.3, -0.25) is 9.79 Å². The van der Waals surface area contributed by atoms with Crippen LogP contribution in [0.15, 0.2) is 58.8 Å². The van der Waals surface area contributed by atoms with Crippen LogP contribution in [-0.4, -0.2) is 46.4 Å². The Morgan fingerprint density at radius 1 is 1.08 bits per heavy atom. The minimum absolute atomic E-state index is 0.0575. The van der Waals surface area contributed by atoms with E-state index in [0.717, 1.165) is 23.1 Å². The van der Waals surface area contributed by atoms with Crippen molar-refractivity contribution in [2.45, 2.75) is 71.9 Å². The van der Waals surface area contributed by atoms with Gasteiger partial charge in [0.25, 0.3) is 0 Å². The number of aliphatic carboxylic acids is 1. The number of carbonyl (C=O) groups excluding carboxylic acids is 2. The molecule has 0 aromatic heterocycles. The van der Waals surface area contributed by atoms with Crippen LogP contribution < -0.4 is 5.32 Å². The molecule has 0 saturated heterocycles. The molecule has 0 fully saturated rings. The highest BCUT2D eigenvalue weighted by Gasteiger charge is 2.34. The molecule has 2 aromatic carbocycles. The van der Waals surface area contributed by atoms with Crippen molar-refractivity contribution in [2.75, 3.05) is 6.54 Å². The number of rotatable bonds is 10. The maximum atomic E-state index is 12.5. The third kappa shape index (κ3) is 6.74. The summed E-state index contributed by atoms with van der Waals surface area (Å²) in [5.74, 6) is -1.16. The van der Waals surface area contributed by atoms with Gasteiger partial charge in [0.1, 0.15) is 18.4 Å². The van der Waals surface area contributed by atoms with Gasteiger partial charge < -0.3 is 20.3 Å². The quantitative estimate of drug-likeness (QED) is 0.225. The lowest BCUT2D eigenvalue weighted by Crippen LogP contribution is -2.41. The van der Waals surface area contributed by atoms with Crippen LogP contribution >= 0.6 is 0 Å². The number of aliphatic hydroxyl groups excluding tert-OH is 1. The van der Waals surface area contributed by atoms with Crippen molar-refractivity contribution in [3.8, 4) is 11.1 Å². The van der Waals surface area contributed by atoms with E-state index in [2.05, 4.69) is 28.5 Å². The summed E-state index contributed by atoms with van der Waals surface area (Å²) in [6.07, 6.45) is 2.09. The van der Waals surface area contributed by atoms with E-state index in [-0.39, 0.29) is 30.0 Å². The van der Waals surface area contributed by atoms with E-state index in [0.29, 0.717) is 43.5 Å². The number of nitrogens with zero attached hydrogens (tertiary/aromatic N) is 1. The van der Waals surface area contributed by atoms with E-state index in [1.165, 1.54) is 11.1 Å². The molecule has 8 nitrogen and oxygen atoms in total. The summed E-state index contributed by atoms with van der Waals surface area (Å²) in [6, 6.07) is 13.0. The number of carboxylic acids is 1. The van der Waals surface area contributed by atoms with Crippen molar-refractivity contribution in [1.82, 2.24) is 5.32 Å². The van der Waals surface area contributed by atoms with Crippen LogP contribution in [0, 0.1) is 5.41 Å². The van der Waals surface area contributed by atoms with Gasteiger partial charge in [0.15, 0.2) is 5.78 Å². The molecule has 0 saturated carbocycles. The fraction of sp³-hybridized carbons (Fsp3) is 0.419. The number of ketones is 1. The Bertz CT molecular complexity index is 1340. The molecule has 1 amide bonds. The SMILES string of the molecule is CC(=NCCCC[C@@H](NC(=O)OCc1cccc2c1Cc1ccccc1-2)C(=O)O)C1=C(O)CC(C)(C)CC1=O. The lowest BCUT2D eigenvalue weighted by Gasteiger charge is -2.29. The molecule has 3 N–H and O–H groups in total. The largest absolute Gasteiger partial charge is 0.511 e.